The second-order valence-electron chi connectivity index (χ2n) is 5.01. The summed E-state index contributed by atoms with van der Waals surface area (Å²) in [4.78, 5) is 4.53. The quantitative estimate of drug-likeness (QED) is 0.880. The summed E-state index contributed by atoms with van der Waals surface area (Å²) in [5, 5.41) is 7.98. The Morgan fingerprint density at radius 1 is 1.40 bits per heavy atom. The van der Waals surface area contributed by atoms with Gasteiger partial charge in [0.05, 0.1) is 17.4 Å². The minimum atomic E-state index is 0.220. The van der Waals surface area contributed by atoms with Crippen LogP contribution in [0, 0.1) is 6.92 Å². The number of hydrogen-bond acceptors (Lipinski definition) is 3. The lowest BCUT2D eigenvalue weighted by atomic mass is 10.1. The molecule has 1 unspecified atom stereocenters. The number of pyridine rings is 1. The highest BCUT2D eigenvalue weighted by molar-refractivity contribution is 9.10. The second kappa shape index (κ2) is 6.99. The molecular weight excluding hydrogens is 316 g/mol. The number of hydrogen-bond donors (Lipinski definition) is 1. The van der Waals surface area contributed by atoms with E-state index in [0.29, 0.717) is 0 Å². The van der Waals surface area contributed by atoms with Crippen LogP contribution in [0.4, 0.5) is 0 Å². The molecule has 0 amide bonds. The average Bonchev–Trinajstić information content (AvgIpc) is 2.74. The molecule has 20 heavy (non-hydrogen) atoms. The van der Waals surface area contributed by atoms with E-state index in [2.05, 4.69) is 50.4 Å². The molecule has 2 rings (SSSR count). The lowest BCUT2D eigenvalue weighted by Gasteiger charge is -2.18. The Balaban J connectivity index is 2.18. The van der Waals surface area contributed by atoms with Gasteiger partial charge in [0.25, 0.3) is 0 Å². The minimum Gasteiger partial charge on any atom is -0.308 e. The Kier molecular flexibility index (Phi) is 5.31. The molecule has 2 aromatic rings. The molecule has 0 aliphatic heterocycles. The molecule has 0 radical (unpaired) electrons. The molecule has 1 N–H and O–H groups in total. The molecule has 0 spiro atoms. The molecule has 0 aliphatic rings. The number of aryl methyl sites for hydroxylation is 2. The average molecular weight is 337 g/mol. The van der Waals surface area contributed by atoms with Gasteiger partial charge in [-0.2, -0.15) is 5.10 Å². The predicted molar refractivity (Wildman–Crippen MR) is 84.6 cm³/mol. The normalized spacial score (nSPS) is 12.6. The maximum Gasteiger partial charge on any atom is 0.0596 e. The maximum atomic E-state index is 4.53. The van der Waals surface area contributed by atoms with Crippen molar-refractivity contribution in [2.24, 2.45) is 7.05 Å². The largest absolute Gasteiger partial charge is 0.308 e. The van der Waals surface area contributed by atoms with Crippen molar-refractivity contribution in [2.45, 2.75) is 32.7 Å². The van der Waals surface area contributed by atoms with E-state index in [0.717, 1.165) is 35.2 Å². The van der Waals surface area contributed by atoms with Gasteiger partial charge < -0.3 is 5.32 Å². The third-order valence-electron chi connectivity index (χ3n) is 3.26. The Morgan fingerprint density at radius 3 is 2.75 bits per heavy atom. The highest BCUT2D eigenvalue weighted by atomic mass is 79.9. The van der Waals surface area contributed by atoms with Gasteiger partial charge in [0.1, 0.15) is 0 Å². The first-order valence-electron chi connectivity index (χ1n) is 6.94. The third-order valence-corrected chi connectivity index (χ3v) is 3.73. The maximum absolute atomic E-state index is 4.53. The van der Waals surface area contributed by atoms with E-state index < -0.39 is 0 Å². The summed E-state index contributed by atoms with van der Waals surface area (Å²) in [6, 6.07) is 6.47. The SMILES string of the molecule is CCCNC(Cc1cc(C)nn1C)c1ccc(Br)cn1. The molecule has 0 aromatic carbocycles. The number of nitrogens with zero attached hydrogens (tertiary/aromatic N) is 3. The van der Waals surface area contributed by atoms with Crippen molar-refractivity contribution in [3.05, 3.63) is 46.0 Å². The van der Waals surface area contributed by atoms with E-state index in [1.807, 2.05) is 30.9 Å². The highest BCUT2D eigenvalue weighted by Crippen LogP contribution is 2.19. The van der Waals surface area contributed by atoms with Gasteiger partial charge in [0.2, 0.25) is 0 Å². The van der Waals surface area contributed by atoms with Crippen LogP contribution in [0.3, 0.4) is 0 Å². The number of aromatic nitrogens is 3. The van der Waals surface area contributed by atoms with E-state index >= 15 is 0 Å². The van der Waals surface area contributed by atoms with Gasteiger partial charge in [-0.05, 0) is 54.0 Å². The van der Waals surface area contributed by atoms with Crippen LogP contribution in [0.1, 0.15) is 36.5 Å². The van der Waals surface area contributed by atoms with Crippen molar-refractivity contribution in [3.63, 3.8) is 0 Å². The molecule has 1 atom stereocenters. The summed E-state index contributed by atoms with van der Waals surface area (Å²) in [6.45, 7) is 5.18. The van der Waals surface area contributed by atoms with Crippen LogP contribution in [0.25, 0.3) is 0 Å². The molecule has 2 heterocycles. The Labute approximate surface area is 128 Å². The molecule has 5 heteroatoms. The number of halogens is 1. The van der Waals surface area contributed by atoms with Gasteiger partial charge in [-0.3, -0.25) is 9.67 Å². The molecule has 0 saturated carbocycles. The van der Waals surface area contributed by atoms with Crippen LogP contribution >= 0.6 is 15.9 Å². The van der Waals surface area contributed by atoms with Gasteiger partial charge in [0.15, 0.2) is 0 Å². The molecule has 4 nitrogen and oxygen atoms in total. The Hall–Kier alpha value is -1.20. The predicted octanol–water partition coefficient (Wildman–Crippen LogP) is 3.17. The Bertz CT molecular complexity index is 548. The third kappa shape index (κ3) is 3.90. The van der Waals surface area contributed by atoms with Crippen molar-refractivity contribution in [2.75, 3.05) is 6.54 Å². The topological polar surface area (TPSA) is 42.7 Å². The monoisotopic (exact) mass is 336 g/mol. The van der Waals surface area contributed by atoms with Crippen LogP contribution in [0.2, 0.25) is 0 Å². The van der Waals surface area contributed by atoms with Gasteiger partial charge in [-0.1, -0.05) is 6.92 Å². The molecule has 0 saturated heterocycles. The van der Waals surface area contributed by atoms with Crippen molar-refractivity contribution in [1.82, 2.24) is 20.1 Å². The van der Waals surface area contributed by atoms with Gasteiger partial charge in [-0.25, -0.2) is 0 Å². The number of rotatable bonds is 6. The fourth-order valence-corrected chi connectivity index (χ4v) is 2.49. The fraction of sp³-hybridized carbons (Fsp3) is 0.467. The molecule has 108 valence electrons. The molecule has 0 fully saturated rings. The standard InChI is InChI=1S/C15H21BrN4/c1-4-7-17-15(14-6-5-12(16)10-18-14)9-13-8-11(2)19-20(13)3/h5-6,8,10,15,17H,4,7,9H2,1-3H3. The first kappa shape index (κ1) is 15.2. The van der Waals surface area contributed by atoms with Crippen LogP contribution in [-0.2, 0) is 13.5 Å². The van der Waals surface area contributed by atoms with Gasteiger partial charge in [-0.15, -0.1) is 0 Å². The van der Waals surface area contributed by atoms with E-state index in [4.69, 9.17) is 0 Å². The zero-order chi connectivity index (χ0) is 14.5. The highest BCUT2D eigenvalue weighted by Gasteiger charge is 2.15. The lowest BCUT2D eigenvalue weighted by molar-refractivity contribution is 0.502. The van der Waals surface area contributed by atoms with Gasteiger partial charge >= 0.3 is 0 Å². The summed E-state index contributed by atoms with van der Waals surface area (Å²) in [6.07, 6.45) is 3.86. The summed E-state index contributed by atoms with van der Waals surface area (Å²) in [5.41, 5.74) is 3.35. The smallest absolute Gasteiger partial charge is 0.0596 e. The molecule has 0 bridgehead atoms. The van der Waals surface area contributed by atoms with E-state index in [1.54, 1.807) is 0 Å². The van der Waals surface area contributed by atoms with Crippen LogP contribution in [0.5, 0.6) is 0 Å². The summed E-state index contributed by atoms with van der Waals surface area (Å²) >= 11 is 3.43. The molecule has 2 aromatic heterocycles. The summed E-state index contributed by atoms with van der Waals surface area (Å²) in [7, 11) is 1.99. The minimum absolute atomic E-state index is 0.220. The molecular formula is C15H21BrN4. The van der Waals surface area contributed by atoms with Crippen LogP contribution < -0.4 is 5.32 Å². The summed E-state index contributed by atoms with van der Waals surface area (Å²) < 4.78 is 2.96. The Morgan fingerprint density at radius 2 is 2.20 bits per heavy atom. The van der Waals surface area contributed by atoms with Crippen molar-refractivity contribution in [1.29, 1.82) is 0 Å². The van der Waals surface area contributed by atoms with Crippen molar-refractivity contribution in [3.8, 4) is 0 Å². The first-order chi connectivity index (χ1) is 9.60. The molecule has 0 aliphatic carbocycles. The van der Waals surface area contributed by atoms with Crippen molar-refractivity contribution >= 4 is 15.9 Å². The summed E-state index contributed by atoms with van der Waals surface area (Å²) in [5.74, 6) is 0. The second-order valence-corrected chi connectivity index (χ2v) is 5.93. The van der Waals surface area contributed by atoms with Crippen molar-refractivity contribution < 1.29 is 0 Å². The van der Waals surface area contributed by atoms with E-state index in [-0.39, 0.29) is 6.04 Å². The first-order valence-corrected chi connectivity index (χ1v) is 7.73. The zero-order valence-corrected chi connectivity index (χ0v) is 13.8. The van der Waals surface area contributed by atoms with Gasteiger partial charge in [0, 0.05) is 29.8 Å². The van der Waals surface area contributed by atoms with E-state index in [1.165, 1.54) is 5.69 Å². The van der Waals surface area contributed by atoms with Crippen LogP contribution in [-0.4, -0.2) is 21.3 Å². The van der Waals surface area contributed by atoms with Crippen LogP contribution in [0.15, 0.2) is 28.9 Å². The fourth-order valence-electron chi connectivity index (χ4n) is 2.26. The lowest BCUT2D eigenvalue weighted by Crippen LogP contribution is -2.25. The zero-order valence-electron chi connectivity index (χ0n) is 12.2. The van der Waals surface area contributed by atoms with E-state index in [9.17, 15) is 0 Å². The number of nitrogens with one attached hydrogen (secondary N) is 1.